The van der Waals surface area contributed by atoms with Crippen molar-refractivity contribution in [2.75, 3.05) is 14.1 Å². The number of hydrogen-bond donors (Lipinski definition) is 0. The predicted octanol–water partition coefficient (Wildman–Crippen LogP) is 2.13. The topological polar surface area (TPSA) is 3.24 Å². The zero-order chi connectivity index (χ0) is 7.56. The minimum Gasteiger partial charge on any atom is -0.306 e. The fourth-order valence-electron chi connectivity index (χ4n) is 1.76. The van der Waals surface area contributed by atoms with E-state index in [1.54, 1.807) is 0 Å². The SMILES string of the molecule is CC1CCC(N(C)C)CC1. The van der Waals surface area contributed by atoms with Gasteiger partial charge in [0.1, 0.15) is 0 Å². The van der Waals surface area contributed by atoms with Gasteiger partial charge in [0.25, 0.3) is 0 Å². The predicted molar refractivity (Wildman–Crippen MR) is 45.1 cm³/mol. The van der Waals surface area contributed by atoms with Gasteiger partial charge < -0.3 is 4.90 Å². The number of rotatable bonds is 1. The van der Waals surface area contributed by atoms with Gasteiger partial charge in [-0.15, -0.1) is 0 Å². The molecule has 0 aromatic heterocycles. The van der Waals surface area contributed by atoms with E-state index >= 15 is 0 Å². The molecular weight excluding hydrogens is 122 g/mol. The Kier molecular flexibility index (Phi) is 2.72. The highest BCUT2D eigenvalue weighted by molar-refractivity contribution is 4.74. The molecule has 0 radical (unpaired) electrons. The van der Waals surface area contributed by atoms with Crippen molar-refractivity contribution in [3.05, 3.63) is 0 Å². The molecule has 0 N–H and O–H groups in total. The first-order chi connectivity index (χ1) is 4.70. The van der Waals surface area contributed by atoms with E-state index in [9.17, 15) is 0 Å². The van der Waals surface area contributed by atoms with Crippen molar-refractivity contribution >= 4 is 0 Å². The molecule has 1 saturated carbocycles. The van der Waals surface area contributed by atoms with Crippen LogP contribution in [0.25, 0.3) is 0 Å². The van der Waals surface area contributed by atoms with Gasteiger partial charge in [0, 0.05) is 6.04 Å². The maximum absolute atomic E-state index is 2.37. The van der Waals surface area contributed by atoms with Crippen LogP contribution in [-0.2, 0) is 0 Å². The zero-order valence-electron chi connectivity index (χ0n) is 7.43. The first-order valence-corrected chi connectivity index (χ1v) is 4.36. The van der Waals surface area contributed by atoms with Crippen LogP contribution in [0.1, 0.15) is 32.6 Å². The van der Waals surface area contributed by atoms with Gasteiger partial charge in [-0.3, -0.25) is 0 Å². The summed E-state index contributed by atoms with van der Waals surface area (Å²) in [4.78, 5) is 2.37. The van der Waals surface area contributed by atoms with Crippen LogP contribution in [0.15, 0.2) is 0 Å². The molecule has 0 atom stereocenters. The van der Waals surface area contributed by atoms with Crippen LogP contribution < -0.4 is 0 Å². The second-order valence-electron chi connectivity index (χ2n) is 3.88. The Bertz CT molecular complexity index is 90.9. The second-order valence-corrected chi connectivity index (χ2v) is 3.88. The molecule has 1 aliphatic carbocycles. The van der Waals surface area contributed by atoms with Gasteiger partial charge >= 0.3 is 0 Å². The Labute approximate surface area is 64.4 Å². The van der Waals surface area contributed by atoms with Crippen molar-refractivity contribution in [2.45, 2.75) is 38.6 Å². The fraction of sp³-hybridized carbons (Fsp3) is 1.00. The van der Waals surface area contributed by atoms with E-state index in [0.717, 1.165) is 12.0 Å². The lowest BCUT2D eigenvalue weighted by molar-refractivity contribution is 0.200. The van der Waals surface area contributed by atoms with Crippen molar-refractivity contribution in [2.24, 2.45) is 5.92 Å². The number of nitrogens with zero attached hydrogens (tertiary/aromatic N) is 1. The normalized spacial score (nSPS) is 34.8. The van der Waals surface area contributed by atoms with E-state index in [-0.39, 0.29) is 0 Å². The van der Waals surface area contributed by atoms with E-state index < -0.39 is 0 Å². The summed E-state index contributed by atoms with van der Waals surface area (Å²) in [7, 11) is 4.39. The van der Waals surface area contributed by atoms with E-state index in [4.69, 9.17) is 0 Å². The highest BCUT2D eigenvalue weighted by Crippen LogP contribution is 2.25. The van der Waals surface area contributed by atoms with Gasteiger partial charge in [-0.05, 0) is 45.7 Å². The molecule has 0 heterocycles. The molecule has 1 rings (SSSR count). The van der Waals surface area contributed by atoms with Crippen LogP contribution in [0.5, 0.6) is 0 Å². The summed E-state index contributed by atoms with van der Waals surface area (Å²) in [6, 6.07) is 0.871. The van der Waals surface area contributed by atoms with Crippen molar-refractivity contribution < 1.29 is 0 Å². The van der Waals surface area contributed by atoms with Gasteiger partial charge in [-0.1, -0.05) is 6.92 Å². The van der Waals surface area contributed by atoms with Crippen LogP contribution in [0.3, 0.4) is 0 Å². The molecule has 1 heteroatoms. The standard InChI is InChI=1S/C9H19N/c1-8-4-6-9(7-5-8)10(2)3/h8-9H,4-7H2,1-3H3. The maximum Gasteiger partial charge on any atom is 0.00893 e. The molecule has 10 heavy (non-hydrogen) atoms. The minimum absolute atomic E-state index is 0.871. The molecule has 1 fully saturated rings. The molecule has 0 bridgehead atoms. The smallest absolute Gasteiger partial charge is 0.00893 e. The van der Waals surface area contributed by atoms with Crippen LogP contribution >= 0.6 is 0 Å². The molecule has 1 aliphatic rings. The summed E-state index contributed by atoms with van der Waals surface area (Å²) in [5.74, 6) is 0.983. The van der Waals surface area contributed by atoms with E-state index in [2.05, 4.69) is 25.9 Å². The quantitative estimate of drug-likeness (QED) is 0.540. The number of hydrogen-bond acceptors (Lipinski definition) is 1. The Balaban J connectivity index is 2.26. The first-order valence-electron chi connectivity index (χ1n) is 4.36. The lowest BCUT2D eigenvalue weighted by Gasteiger charge is -2.30. The third-order valence-electron chi connectivity index (χ3n) is 2.72. The second kappa shape index (κ2) is 3.38. The largest absolute Gasteiger partial charge is 0.306 e. The third kappa shape index (κ3) is 1.98. The average Bonchev–Trinajstić information content (AvgIpc) is 1.88. The molecule has 0 aliphatic heterocycles. The Morgan fingerprint density at radius 3 is 1.90 bits per heavy atom. The zero-order valence-corrected chi connectivity index (χ0v) is 7.43. The lowest BCUT2D eigenvalue weighted by Crippen LogP contribution is -2.31. The van der Waals surface area contributed by atoms with E-state index in [1.807, 2.05) is 0 Å². The van der Waals surface area contributed by atoms with Crippen LogP contribution in [-0.4, -0.2) is 25.0 Å². The monoisotopic (exact) mass is 141 g/mol. The summed E-state index contributed by atoms with van der Waals surface area (Å²) < 4.78 is 0. The lowest BCUT2D eigenvalue weighted by atomic mass is 9.87. The van der Waals surface area contributed by atoms with Crippen molar-refractivity contribution in [3.63, 3.8) is 0 Å². The molecule has 0 aromatic carbocycles. The van der Waals surface area contributed by atoms with Gasteiger partial charge in [0.05, 0.1) is 0 Å². The van der Waals surface area contributed by atoms with E-state index in [0.29, 0.717) is 0 Å². The molecular formula is C9H19N. The van der Waals surface area contributed by atoms with Gasteiger partial charge in [-0.25, -0.2) is 0 Å². The minimum atomic E-state index is 0.871. The first kappa shape index (κ1) is 8.06. The molecule has 0 amide bonds. The Hall–Kier alpha value is -0.0400. The Morgan fingerprint density at radius 1 is 1.00 bits per heavy atom. The van der Waals surface area contributed by atoms with Crippen LogP contribution in [0, 0.1) is 5.92 Å². The summed E-state index contributed by atoms with van der Waals surface area (Å²) in [6.45, 7) is 2.37. The van der Waals surface area contributed by atoms with Gasteiger partial charge in [0.15, 0.2) is 0 Å². The van der Waals surface area contributed by atoms with Crippen molar-refractivity contribution in [1.29, 1.82) is 0 Å². The summed E-state index contributed by atoms with van der Waals surface area (Å²) in [6.07, 6.45) is 5.69. The molecule has 0 saturated heterocycles. The van der Waals surface area contributed by atoms with Gasteiger partial charge in [-0.2, -0.15) is 0 Å². The molecule has 0 unspecified atom stereocenters. The van der Waals surface area contributed by atoms with Crippen molar-refractivity contribution in [1.82, 2.24) is 4.90 Å². The maximum atomic E-state index is 2.37. The fourth-order valence-corrected chi connectivity index (χ4v) is 1.76. The summed E-state index contributed by atoms with van der Waals surface area (Å²) in [5, 5.41) is 0. The molecule has 60 valence electrons. The van der Waals surface area contributed by atoms with Crippen LogP contribution in [0.2, 0.25) is 0 Å². The van der Waals surface area contributed by atoms with Crippen LogP contribution in [0.4, 0.5) is 0 Å². The average molecular weight is 141 g/mol. The van der Waals surface area contributed by atoms with E-state index in [1.165, 1.54) is 25.7 Å². The van der Waals surface area contributed by atoms with Crippen molar-refractivity contribution in [3.8, 4) is 0 Å². The molecule has 1 nitrogen and oxygen atoms in total. The third-order valence-corrected chi connectivity index (χ3v) is 2.72. The van der Waals surface area contributed by atoms with Gasteiger partial charge in [0.2, 0.25) is 0 Å². The molecule has 0 spiro atoms. The highest BCUT2D eigenvalue weighted by atomic mass is 15.1. The summed E-state index contributed by atoms with van der Waals surface area (Å²) >= 11 is 0. The summed E-state index contributed by atoms with van der Waals surface area (Å²) in [5.41, 5.74) is 0. The highest BCUT2D eigenvalue weighted by Gasteiger charge is 2.18. The Morgan fingerprint density at radius 2 is 1.50 bits per heavy atom. The molecule has 0 aromatic rings.